The van der Waals surface area contributed by atoms with Crippen LogP contribution in [-0.2, 0) is 32.1 Å². The molecule has 2 saturated carbocycles. The predicted molar refractivity (Wildman–Crippen MR) is 148 cm³/mol. The van der Waals surface area contributed by atoms with E-state index in [9.17, 15) is 34.2 Å². The fraction of sp³-hybridized carbons (Fsp3) is 0.633. The van der Waals surface area contributed by atoms with E-state index in [2.05, 4.69) is 18.7 Å². The number of Topliss-reactive ketones (excluding diaryl/α,β-unsaturated/α-hetero) is 4. The highest BCUT2D eigenvalue weighted by Gasteiger charge is 2.66. The Labute approximate surface area is 234 Å². The van der Waals surface area contributed by atoms with Crippen LogP contribution in [-0.4, -0.2) is 76.9 Å². The van der Waals surface area contributed by atoms with Crippen LogP contribution in [0.1, 0.15) is 73.9 Å². The van der Waals surface area contributed by atoms with Gasteiger partial charge in [0, 0.05) is 44.2 Å². The molecule has 0 bridgehead atoms. The Morgan fingerprint density at radius 2 is 1.68 bits per heavy atom. The summed E-state index contributed by atoms with van der Waals surface area (Å²) in [4.78, 5) is 69.6. The highest BCUT2D eigenvalue weighted by atomic mass is 16.3. The van der Waals surface area contributed by atoms with Gasteiger partial charge < -0.3 is 20.8 Å². The summed E-state index contributed by atoms with van der Waals surface area (Å²) in [7, 11) is 3.71. The number of amides is 1. The molecule has 0 aromatic heterocycles. The minimum atomic E-state index is -2.64. The van der Waals surface area contributed by atoms with Crippen molar-refractivity contribution in [3.8, 4) is 5.75 Å². The first-order chi connectivity index (χ1) is 18.9. The van der Waals surface area contributed by atoms with E-state index in [0.29, 0.717) is 17.7 Å². The van der Waals surface area contributed by atoms with Crippen molar-refractivity contribution in [2.75, 3.05) is 32.1 Å². The van der Waals surface area contributed by atoms with Crippen molar-refractivity contribution in [2.24, 2.45) is 29.4 Å². The summed E-state index contributed by atoms with van der Waals surface area (Å²) in [6.45, 7) is 6.36. The minimum absolute atomic E-state index is 0.0505. The van der Waals surface area contributed by atoms with Crippen molar-refractivity contribution in [1.82, 2.24) is 4.90 Å². The number of phenols is 1. The summed E-state index contributed by atoms with van der Waals surface area (Å²) < 4.78 is 0. The average Bonchev–Trinajstić information content (AvgIpc) is 2.88. The van der Waals surface area contributed by atoms with Crippen molar-refractivity contribution in [2.45, 2.75) is 70.9 Å². The number of fused-ring (bicyclic) bond motifs is 3. The van der Waals surface area contributed by atoms with E-state index in [1.807, 2.05) is 25.1 Å². The zero-order valence-electron chi connectivity index (χ0n) is 23.9. The lowest BCUT2D eigenvalue weighted by Gasteiger charge is -2.48. The Bertz CT molecular complexity index is 1230. The van der Waals surface area contributed by atoms with Gasteiger partial charge in [-0.05, 0) is 56.3 Å². The third-order valence-electron chi connectivity index (χ3n) is 8.99. The van der Waals surface area contributed by atoms with Crippen LogP contribution in [0.2, 0.25) is 0 Å². The number of rotatable bonds is 10. The summed E-state index contributed by atoms with van der Waals surface area (Å²) in [6, 6.07) is 1.90. The topological polar surface area (TPSA) is 158 Å². The van der Waals surface area contributed by atoms with Crippen molar-refractivity contribution in [3.05, 3.63) is 22.8 Å². The van der Waals surface area contributed by atoms with Gasteiger partial charge in [-0.3, -0.25) is 28.9 Å². The van der Waals surface area contributed by atoms with Gasteiger partial charge in [-0.1, -0.05) is 26.7 Å². The standard InChI is InChI=1S/C30H41N3O7/c1-5-7-9-33(10-8-6-2)15-17-13-20(32(3)4)19-12-16-11-18-14-21(34)24(29(31)39)28(38)30(18,40)27(37)22(16)26(36)23(19)25(17)35/h13,16,18,22,24,35,40H,5-12,14-15H2,1-4H3,(H2,31,39)/t16-,18+,22?,24?,30+/m1/s1. The Morgan fingerprint density at radius 1 is 1.05 bits per heavy atom. The molecule has 1 amide bonds. The molecule has 2 unspecified atom stereocenters. The van der Waals surface area contributed by atoms with E-state index in [-0.39, 0.29) is 30.6 Å². The number of carbonyl (C=O) groups excluding carboxylic acids is 5. The molecule has 10 heteroatoms. The Hall–Kier alpha value is -3.11. The number of hydrogen-bond acceptors (Lipinski definition) is 9. The summed E-state index contributed by atoms with van der Waals surface area (Å²) in [6.07, 6.45) is 4.04. The number of carbonyl (C=O) groups is 5. The molecular weight excluding hydrogens is 514 g/mol. The number of nitrogens with two attached hydrogens (primary N) is 1. The normalized spacial score (nSPS) is 27.9. The number of hydrogen-bond donors (Lipinski definition) is 3. The largest absolute Gasteiger partial charge is 0.507 e. The van der Waals surface area contributed by atoms with Gasteiger partial charge in [-0.2, -0.15) is 0 Å². The number of unbranched alkanes of at least 4 members (excludes halogenated alkanes) is 2. The van der Waals surface area contributed by atoms with Crippen molar-refractivity contribution >= 4 is 34.7 Å². The molecule has 5 atom stereocenters. The van der Waals surface area contributed by atoms with E-state index >= 15 is 0 Å². The fourth-order valence-electron chi connectivity index (χ4n) is 6.86. The molecule has 4 N–H and O–H groups in total. The van der Waals surface area contributed by atoms with E-state index in [1.165, 1.54) is 0 Å². The van der Waals surface area contributed by atoms with Gasteiger partial charge in [0.2, 0.25) is 5.91 Å². The molecule has 3 aliphatic rings. The van der Waals surface area contributed by atoms with Crippen molar-refractivity contribution < 1.29 is 34.2 Å². The van der Waals surface area contributed by atoms with Gasteiger partial charge >= 0.3 is 0 Å². The average molecular weight is 556 g/mol. The Morgan fingerprint density at radius 3 is 2.23 bits per heavy atom. The second-order valence-electron chi connectivity index (χ2n) is 11.9. The maximum absolute atomic E-state index is 14.0. The van der Waals surface area contributed by atoms with E-state index in [4.69, 9.17) is 5.73 Å². The number of benzene rings is 1. The van der Waals surface area contributed by atoms with E-state index in [1.54, 1.807) is 0 Å². The van der Waals surface area contributed by atoms with E-state index in [0.717, 1.165) is 44.5 Å². The first-order valence-electron chi connectivity index (χ1n) is 14.3. The fourth-order valence-corrected chi connectivity index (χ4v) is 6.86. The highest BCUT2D eigenvalue weighted by Crippen LogP contribution is 2.51. The van der Waals surface area contributed by atoms with Crippen LogP contribution in [0.3, 0.4) is 0 Å². The summed E-state index contributed by atoms with van der Waals surface area (Å²) in [5.41, 5.74) is 4.63. The molecule has 0 aliphatic heterocycles. The lowest BCUT2D eigenvalue weighted by molar-refractivity contribution is -0.175. The number of primary amides is 1. The second-order valence-corrected chi connectivity index (χ2v) is 11.9. The van der Waals surface area contributed by atoms with E-state index < -0.39 is 58.3 Å². The van der Waals surface area contributed by atoms with Gasteiger partial charge in [0.25, 0.3) is 0 Å². The van der Waals surface area contributed by atoms with Crippen molar-refractivity contribution in [1.29, 1.82) is 0 Å². The number of anilines is 1. The number of ketones is 4. The molecule has 0 spiro atoms. The highest BCUT2D eigenvalue weighted by molar-refractivity contribution is 6.31. The molecule has 4 rings (SSSR count). The van der Waals surface area contributed by atoms with Gasteiger partial charge in [-0.15, -0.1) is 0 Å². The molecule has 2 fully saturated rings. The molecule has 10 nitrogen and oxygen atoms in total. The summed E-state index contributed by atoms with van der Waals surface area (Å²) in [5.74, 6) is -9.86. The molecule has 1 aromatic rings. The molecule has 218 valence electrons. The maximum Gasteiger partial charge on any atom is 0.235 e. The lowest BCUT2D eigenvalue weighted by Crippen LogP contribution is -2.68. The summed E-state index contributed by atoms with van der Waals surface area (Å²) >= 11 is 0. The maximum atomic E-state index is 14.0. The lowest BCUT2D eigenvalue weighted by atomic mass is 9.53. The van der Waals surface area contributed by atoms with Crippen LogP contribution >= 0.6 is 0 Å². The quantitative estimate of drug-likeness (QED) is 0.366. The number of phenolic OH excluding ortho intramolecular Hbond substituents is 1. The van der Waals surface area contributed by atoms with Gasteiger partial charge in [0.05, 0.1) is 11.5 Å². The first kappa shape index (κ1) is 29.9. The molecule has 1 aromatic carbocycles. The van der Waals surface area contributed by atoms with Crippen LogP contribution in [0.15, 0.2) is 6.07 Å². The van der Waals surface area contributed by atoms with Gasteiger partial charge in [0.1, 0.15) is 5.75 Å². The van der Waals surface area contributed by atoms with Crippen LogP contribution < -0.4 is 10.6 Å². The third kappa shape index (κ3) is 4.85. The first-order valence-corrected chi connectivity index (χ1v) is 14.3. The van der Waals surface area contributed by atoms with Gasteiger partial charge in [-0.25, -0.2) is 0 Å². The smallest absolute Gasteiger partial charge is 0.235 e. The molecular formula is C30H41N3O7. The number of nitrogens with zero attached hydrogens (tertiary/aromatic N) is 2. The molecule has 3 aliphatic carbocycles. The predicted octanol–water partition coefficient (Wildman–Crippen LogP) is 1.80. The number of aromatic hydroxyl groups is 1. The van der Waals surface area contributed by atoms with Crippen LogP contribution in [0, 0.1) is 23.7 Å². The van der Waals surface area contributed by atoms with Crippen LogP contribution in [0.5, 0.6) is 5.75 Å². The molecule has 0 heterocycles. The Kier molecular flexibility index (Phi) is 8.52. The molecule has 40 heavy (non-hydrogen) atoms. The minimum Gasteiger partial charge on any atom is -0.507 e. The molecule has 0 saturated heterocycles. The van der Waals surface area contributed by atoms with Crippen molar-refractivity contribution in [3.63, 3.8) is 0 Å². The number of aliphatic hydroxyl groups is 1. The second kappa shape index (κ2) is 11.4. The monoisotopic (exact) mass is 555 g/mol. The SMILES string of the molecule is CCCCN(CCCC)Cc1cc(N(C)C)c2c(c1O)C(=O)C1C(=O)[C@]3(O)C(=O)C(C(N)=O)C(=O)C[C@@H]3C[C@@H]1C2. The zero-order chi connectivity index (χ0) is 29.5. The zero-order valence-corrected chi connectivity index (χ0v) is 23.9. The summed E-state index contributed by atoms with van der Waals surface area (Å²) in [5, 5.41) is 22.9. The van der Waals surface area contributed by atoms with Crippen LogP contribution in [0.4, 0.5) is 5.69 Å². The third-order valence-corrected chi connectivity index (χ3v) is 8.99. The molecule has 0 radical (unpaired) electrons. The Balaban J connectivity index is 1.77. The van der Waals surface area contributed by atoms with Gasteiger partial charge in [0.15, 0.2) is 34.7 Å². The van der Waals surface area contributed by atoms with Crippen LogP contribution in [0.25, 0.3) is 0 Å².